The molecule has 1 saturated heterocycles. The lowest BCUT2D eigenvalue weighted by Crippen LogP contribution is -2.60. The molecular formula is C43H78O12S. The first-order chi connectivity index (χ1) is 27.0. The van der Waals surface area contributed by atoms with Gasteiger partial charge >= 0.3 is 11.9 Å². The normalized spacial score (nSPS) is 20.9. The van der Waals surface area contributed by atoms with Gasteiger partial charge in [-0.3, -0.25) is 14.1 Å². The van der Waals surface area contributed by atoms with E-state index in [1.54, 1.807) is 0 Å². The van der Waals surface area contributed by atoms with E-state index in [2.05, 4.69) is 32.1 Å². The van der Waals surface area contributed by atoms with Crippen LogP contribution in [0.25, 0.3) is 0 Å². The molecule has 0 radical (unpaired) electrons. The molecule has 13 heteroatoms. The highest BCUT2D eigenvalue weighted by molar-refractivity contribution is 7.85. The minimum absolute atomic E-state index is 0.0812. The fourth-order valence-corrected chi connectivity index (χ4v) is 7.26. The average molecular weight is 819 g/mol. The van der Waals surface area contributed by atoms with Gasteiger partial charge < -0.3 is 34.3 Å². The van der Waals surface area contributed by atoms with Gasteiger partial charge in [-0.25, -0.2) is 0 Å². The first-order valence-corrected chi connectivity index (χ1v) is 23.5. The number of rotatable bonds is 36. The van der Waals surface area contributed by atoms with E-state index in [1.165, 1.54) is 89.9 Å². The van der Waals surface area contributed by atoms with Crippen molar-refractivity contribution in [1.29, 1.82) is 0 Å². The van der Waals surface area contributed by atoms with Crippen LogP contribution in [0, 0.1) is 0 Å². The first kappa shape index (κ1) is 52.1. The zero-order valence-electron chi connectivity index (χ0n) is 34.7. The number of aliphatic hydroxyl groups excluding tert-OH is 3. The number of ether oxygens (including phenoxy) is 4. The summed E-state index contributed by atoms with van der Waals surface area (Å²) in [5, 5.41) is 30.8. The summed E-state index contributed by atoms with van der Waals surface area (Å²) in [6.45, 7) is 3.70. The van der Waals surface area contributed by atoms with Crippen LogP contribution in [-0.2, 0) is 38.7 Å². The fraction of sp³-hybridized carbons (Fsp3) is 0.860. The summed E-state index contributed by atoms with van der Waals surface area (Å²) in [7, 11) is -4.60. The summed E-state index contributed by atoms with van der Waals surface area (Å²) < 4.78 is 53.9. The van der Waals surface area contributed by atoms with Gasteiger partial charge in [-0.15, -0.1) is 0 Å². The van der Waals surface area contributed by atoms with Crippen LogP contribution in [0.4, 0.5) is 0 Å². The zero-order valence-corrected chi connectivity index (χ0v) is 35.6. The Morgan fingerprint density at radius 1 is 0.589 bits per heavy atom. The number of carbonyl (C=O) groups excluding carboxylic acids is 2. The van der Waals surface area contributed by atoms with E-state index in [9.17, 15) is 37.9 Å². The highest BCUT2D eigenvalue weighted by atomic mass is 32.2. The monoisotopic (exact) mass is 819 g/mol. The molecule has 1 heterocycles. The number of carbonyl (C=O) groups is 2. The Kier molecular flexibility index (Phi) is 31.7. The van der Waals surface area contributed by atoms with E-state index in [0.717, 1.165) is 51.4 Å². The van der Waals surface area contributed by atoms with Crippen LogP contribution in [0.1, 0.15) is 181 Å². The SMILES string of the molecule is CCCCCC/C=C/CCCCCCCC(=O)OC[C@H](CO[C@H]1O[C@H](CS(=O)(=O)O)[C@@H](O)C(O)C1O)OC(=O)CC/C=C/CCCCCCCCCCCCC. The molecule has 12 nitrogen and oxygen atoms in total. The Balaban J connectivity index is 2.49. The Morgan fingerprint density at radius 2 is 1.05 bits per heavy atom. The average Bonchev–Trinajstić information content (AvgIpc) is 3.16. The molecule has 328 valence electrons. The van der Waals surface area contributed by atoms with Crippen LogP contribution in [0.3, 0.4) is 0 Å². The van der Waals surface area contributed by atoms with Crippen LogP contribution in [0.15, 0.2) is 24.3 Å². The van der Waals surface area contributed by atoms with E-state index >= 15 is 0 Å². The molecule has 0 aromatic heterocycles. The molecule has 0 aromatic carbocycles. The number of unbranched alkanes of at least 4 members (excludes halogenated alkanes) is 20. The second kappa shape index (κ2) is 34.0. The van der Waals surface area contributed by atoms with Gasteiger partial charge in [0.05, 0.1) is 6.61 Å². The van der Waals surface area contributed by atoms with E-state index in [1.807, 2.05) is 6.08 Å². The second-order valence-corrected chi connectivity index (χ2v) is 16.9. The van der Waals surface area contributed by atoms with Gasteiger partial charge in [0.2, 0.25) is 0 Å². The molecule has 0 saturated carbocycles. The van der Waals surface area contributed by atoms with Gasteiger partial charge in [0.15, 0.2) is 12.4 Å². The van der Waals surface area contributed by atoms with E-state index in [-0.39, 0.29) is 19.4 Å². The smallest absolute Gasteiger partial charge is 0.306 e. The molecule has 56 heavy (non-hydrogen) atoms. The Bertz CT molecular complexity index is 1140. The lowest BCUT2D eigenvalue weighted by molar-refractivity contribution is -0.297. The number of hydrogen-bond acceptors (Lipinski definition) is 11. The van der Waals surface area contributed by atoms with Crippen molar-refractivity contribution in [2.24, 2.45) is 0 Å². The lowest BCUT2D eigenvalue weighted by atomic mass is 10.00. The van der Waals surface area contributed by atoms with E-state index < -0.39 is 71.2 Å². The zero-order chi connectivity index (χ0) is 41.3. The van der Waals surface area contributed by atoms with Crippen molar-refractivity contribution >= 4 is 22.1 Å². The van der Waals surface area contributed by atoms with Crippen molar-refractivity contribution in [3.8, 4) is 0 Å². The molecule has 0 amide bonds. The van der Waals surface area contributed by atoms with Crippen LogP contribution in [0.5, 0.6) is 0 Å². The van der Waals surface area contributed by atoms with Crippen LogP contribution in [-0.4, -0.2) is 96.0 Å². The Morgan fingerprint density at radius 3 is 1.57 bits per heavy atom. The molecule has 1 fully saturated rings. The number of hydrogen-bond donors (Lipinski definition) is 4. The molecule has 1 aliphatic heterocycles. The quantitative estimate of drug-likeness (QED) is 0.0205. The summed E-state index contributed by atoms with van der Waals surface area (Å²) >= 11 is 0. The topological polar surface area (TPSA) is 186 Å². The highest BCUT2D eigenvalue weighted by Gasteiger charge is 2.46. The third kappa shape index (κ3) is 28.5. The first-order valence-electron chi connectivity index (χ1n) is 21.9. The van der Waals surface area contributed by atoms with Crippen molar-refractivity contribution in [2.75, 3.05) is 19.0 Å². The lowest BCUT2D eigenvalue weighted by Gasteiger charge is -2.40. The summed E-state index contributed by atoms with van der Waals surface area (Å²) in [6.07, 6.45) is 26.7. The molecule has 0 spiro atoms. The number of esters is 2. The van der Waals surface area contributed by atoms with Gasteiger partial charge in [-0.05, 0) is 51.4 Å². The van der Waals surface area contributed by atoms with E-state index in [4.69, 9.17) is 18.9 Å². The third-order valence-corrected chi connectivity index (χ3v) is 10.8. The van der Waals surface area contributed by atoms with Gasteiger partial charge in [-0.1, -0.05) is 141 Å². The molecule has 0 aromatic rings. The van der Waals surface area contributed by atoms with Crippen molar-refractivity contribution in [1.82, 2.24) is 0 Å². The van der Waals surface area contributed by atoms with Crippen molar-refractivity contribution < 1.29 is 56.8 Å². The number of allylic oxidation sites excluding steroid dienone is 4. The molecule has 2 unspecified atom stereocenters. The highest BCUT2D eigenvalue weighted by Crippen LogP contribution is 2.24. The van der Waals surface area contributed by atoms with Crippen LogP contribution < -0.4 is 0 Å². The van der Waals surface area contributed by atoms with Crippen molar-refractivity contribution in [3.63, 3.8) is 0 Å². The molecule has 1 aliphatic rings. The van der Waals surface area contributed by atoms with Gasteiger partial charge in [0.25, 0.3) is 10.1 Å². The molecule has 4 N–H and O–H groups in total. The van der Waals surface area contributed by atoms with Crippen molar-refractivity contribution in [2.45, 2.75) is 218 Å². The molecule has 1 rings (SSSR count). The minimum Gasteiger partial charge on any atom is -0.462 e. The molecule has 6 atom stereocenters. The van der Waals surface area contributed by atoms with Crippen LogP contribution in [0.2, 0.25) is 0 Å². The maximum atomic E-state index is 12.8. The predicted octanol–water partition coefficient (Wildman–Crippen LogP) is 8.45. The van der Waals surface area contributed by atoms with Crippen LogP contribution >= 0.6 is 0 Å². The summed E-state index contributed by atoms with van der Waals surface area (Å²) in [5.41, 5.74) is 0. The standard InChI is InChI=1S/C43H78O12S/c1-3-5-7-9-11-13-15-17-18-20-22-24-26-28-30-32-39(45)54-36(34-53-43-42(48)41(47)40(46)37(55-43)35-56(49,50)51)33-52-38(44)31-29-27-25-23-21-19-16-14-12-10-8-6-4-2/h14,16,26,28,36-37,40-43,46-48H,3-13,15,17-25,27,29-35H2,1-2H3,(H,49,50,51)/b16-14+,28-26+/t36-,37-,40-,41?,42?,43+/m1/s1. The van der Waals surface area contributed by atoms with Gasteiger partial charge in [0.1, 0.15) is 36.8 Å². The molecule has 0 aliphatic carbocycles. The predicted molar refractivity (Wildman–Crippen MR) is 220 cm³/mol. The third-order valence-electron chi connectivity index (χ3n) is 10.0. The number of aliphatic hydroxyl groups is 3. The van der Waals surface area contributed by atoms with Crippen molar-refractivity contribution in [3.05, 3.63) is 24.3 Å². The summed E-state index contributed by atoms with van der Waals surface area (Å²) in [5.74, 6) is -2.05. The fourth-order valence-electron chi connectivity index (χ4n) is 6.57. The largest absolute Gasteiger partial charge is 0.462 e. The summed E-state index contributed by atoms with van der Waals surface area (Å²) in [4.78, 5) is 25.3. The van der Waals surface area contributed by atoms with Gasteiger partial charge in [-0.2, -0.15) is 8.42 Å². The molecule has 0 bridgehead atoms. The maximum Gasteiger partial charge on any atom is 0.306 e. The Labute approximate surface area is 338 Å². The molecular weight excluding hydrogens is 741 g/mol. The second-order valence-electron chi connectivity index (χ2n) is 15.4. The minimum atomic E-state index is -4.60. The van der Waals surface area contributed by atoms with Gasteiger partial charge in [0, 0.05) is 12.8 Å². The Hall–Kier alpha value is -1.87. The maximum absolute atomic E-state index is 12.8. The summed E-state index contributed by atoms with van der Waals surface area (Å²) in [6, 6.07) is 0. The van der Waals surface area contributed by atoms with E-state index in [0.29, 0.717) is 12.8 Å².